The standard InChI is InChI=1S/C13H19FN2/c1-13(2)7-3-4-12(13)16-11-8-9(14)5-6-10(11)15/h5-6,8,12,16H,3-4,7,15H2,1-2H3. The van der Waals surface area contributed by atoms with Crippen molar-refractivity contribution in [1.82, 2.24) is 0 Å². The van der Waals surface area contributed by atoms with E-state index in [4.69, 9.17) is 5.73 Å². The third-order valence-corrected chi connectivity index (χ3v) is 3.60. The van der Waals surface area contributed by atoms with Crippen LogP contribution in [0, 0.1) is 11.2 Å². The molecule has 1 aliphatic rings. The molecule has 1 unspecified atom stereocenters. The lowest BCUT2D eigenvalue weighted by Gasteiger charge is -2.29. The zero-order valence-corrected chi connectivity index (χ0v) is 9.89. The van der Waals surface area contributed by atoms with Gasteiger partial charge in [0.15, 0.2) is 0 Å². The average Bonchev–Trinajstić information content (AvgIpc) is 2.52. The molecule has 0 aromatic heterocycles. The Morgan fingerprint density at radius 3 is 2.81 bits per heavy atom. The molecule has 1 fully saturated rings. The van der Waals surface area contributed by atoms with Crippen LogP contribution in [0.1, 0.15) is 33.1 Å². The van der Waals surface area contributed by atoms with Gasteiger partial charge in [-0.25, -0.2) is 4.39 Å². The number of rotatable bonds is 2. The second-order valence-electron chi connectivity index (χ2n) is 5.31. The molecule has 3 N–H and O–H groups in total. The van der Waals surface area contributed by atoms with Crippen LogP contribution in [0.25, 0.3) is 0 Å². The van der Waals surface area contributed by atoms with Crippen molar-refractivity contribution in [1.29, 1.82) is 0 Å². The molecule has 16 heavy (non-hydrogen) atoms. The highest BCUT2D eigenvalue weighted by Gasteiger charge is 2.34. The molecule has 1 saturated carbocycles. The van der Waals surface area contributed by atoms with Crippen molar-refractivity contribution in [2.24, 2.45) is 5.41 Å². The Hall–Kier alpha value is -1.25. The first kappa shape index (κ1) is 11.2. The minimum atomic E-state index is -0.243. The van der Waals surface area contributed by atoms with Crippen LogP contribution in [0.5, 0.6) is 0 Å². The predicted molar refractivity (Wildman–Crippen MR) is 65.9 cm³/mol. The smallest absolute Gasteiger partial charge is 0.125 e. The molecule has 0 radical (unpaired) electrons. The fraction of sp³-hybridized carbons (Fsp3) is 0.538. The van der Waals surface area contributed by atoms with Crippen molar-refractivity contribution in [3.05, 3.63) is 24.0 Å². The quantitative estimate of drug-likeness (QED) is 0.753. The van der Waals surface area contributed by atoms with Crippen LogP contribution in [0.3, 0.4) is 0 Å². The Morgan fingerprint density at radius 2 is 2.19 bits per heavy atom. The Balaban J connectivity index is 2.17. The molecule has 0 bridgehead atoms. The topological polar surface area (TPSA) is 38.0 Å². The van der Waals surface area contributed by atoms with Crippen molar-refractivity contribution < 1.29 is 4.39 Å². The van der Waals surface area contributed by atoms with Crippen molar-refractivity contribution in [3.8, 4) is 0 Å². The van der Waals surface area contributed by atoms with Crippen molar-refractivity contribution in [2.75, 3.05) is 11.1 Å². The summed E-state index contributed by atoms with van der Waals surface area (Å²) in [6.45, 7) is 4.49. The number of hydrogen-bond donors (Lipinski definition) is 2. The zero-order valence-electron chi connectivity index (χ0n) is 9.89. The van der Waals surface area contributed by atoms with Crippen molar-refractivity contribution in [2.45, 2.75) is 39.2 Å². The summed E-state index contributed by atoms with van der Waals surface area (Å²) in [5.74, 6) is -0.243. The summed E-state index contributed by atoms with van der Waals surface area (Å²) in [4.78, 5) is 0. The van der Waals surface area contributed by atoms with Gasteiger partial charge in [0.05, 0.1) is 11.4 Å². The fourth-order valence-corrected chi connectivity index (χ4v) is 2.44. The molecule has 0 aliphatic heterocycles. The van der Waals surface area contributed by atoms with Crippen LogP contribution in [-0.4, -0.2) is 6.04 Å². The van der Waals surface area contributed by atoms with Crippen LogP contribution < -0.4 is 11.1 Å². The molecule has 0 saturated heterocycles. The normalized spacial score (nSPS) is 23.3. The molecule has 2 rings (SSSR count). The second kappa shape index (κ2) is 3.96. The van der Waals surface area contributed by atoms with Crippen LogP contribution >= 0.6 is 0 Å². The van der Waals surface area contributed by atoms with Gasteiger partial charge in [0.2, 0.25) is 0 Å². The SMILES string of the molecule is CC1(C)CCCC1Nc1cc(F)ccc1N. The number of benzene rings is 1. The largest absolute Gasteiger partial charge is 0.397 e. The average molecular weight is 222 g/mol. The van der Waals surface area contributed by atoms with Gasteiger partial charge in [-0.15, -0.1) is 0 Å². The Kier molecular flexibility index (Phi) is 2.78. The summed E-state index contributed by atoms with van der Waals surface area (Å²) in [5, 5.41) is 3.38. The maximum Gasteiger partial charge on any atom is 0.125 e. The number of hydrogen-bond acceptors (Lipinski definition) is 2. The maximum absolute atomic E-state index is 13.1. The minimum Gasteiger partial charge on any atom is -0.397 e. The van der Waals surface area contributed by atoms with E-state index in [2.05, 4.69) is 19.2 Å². The summed E-state index contributed by atoms with van der Waals surface area (Å²) in [6, 6.07) is 4.86. The first-order valence-electron chi connectivity index (χ1n) is 5.80. The van der Waals surface area contributed by atoms with E-state index >= 15 is 0 Å². The Labute approximate surface area is 96.0 Å². The second-order valence-corrected chi connectivity index (χ2v) is 5.31. The number of nitrogens with one attached hydrogen (secondary N) is 1. The van der Waals surface area contributed by atoms with E-state index in [0.29, 0.717) is 11.7 Å². The van der Waals surface area contributed by atoms with E-state index in [9.17, 15) is 4.39 Å². The van der Waals surface area contributed by atoms with Crippen LogP contribution in [-0.2, 0) is 0 Å². The molecule has 2 nitrogen and oxygen atoms in total. The highest BCUT2D eigenvalue weighted by Crippen LogP contribution is 2.39. The summed E-state index contributed by atoms with van der Waals surface area (Å²) in [6.07, 6.45) is 3.56. The highest BCUT2D eigenvalue weighted by molar-refractivity contribution is 5.66. The lowest BCUT2D eigenvalue weighted by Crippen LogP contribution is -2.31. The lowest BCUT2D eigenvalue weighted by atomic mass is 9.87. The molecule has 0 amide bonds. The van der Waals surface area contributed by atoms with E-state index < -0.39 is 0 Å². The van der Waals surface area contributed by atoms with Gasteiger partial charge in [0, 0.05) is 6.04 Å². The molecule has 1 aromatic carbocycles. The molecule has 1 atom stereocenters. The Morgan fingerprint density at radius 1 is 1.44 bits per heavy atom. The van der Waals surface area contributed by atoms with Gasteiger partial charge in [-0.2, -0.15) is 0 Å². The van der Waals surface area contributed by atoms with Gasteiger partial charge in [0.25, 0.3) is 0 Å². The third-order valence-electron chi connectivity index (χ3n) is 3.60. The predicted octanol–water partition coefficient (Wildman–Crippen LogP) is 3.40. The molecule has 88 valence electrons. The monoisotopic (exact) mass is 222 g/mol. The number of nitrogens with two attached hydrogens (primary N) is 1. The van der Waals surface area contributed by atoms with E-state index in [1.807, 2.05) is 0 Å². The number of anilines is 2. The summed E-state index contributed by atoms with van der Waals surface area (Å²) >= 11 is 0. The van der Waals surface area contributed by atoms with E-state index in [1.165, 1.54) is 25.0 Å². The van der Waals surface area contributed by atoms with Gasteiger partial charge < -0.3 is 11.1 Å². The zero-order chi connectivity index (χ0) is 11.8. The number of halogens is 1. The van der Waals surface area contributed by atoms with Gasteiger partial charge in [-0.05, 0) is 36.5 Å². The number of nitrogen functional groups attached to an aromatic ring is 1. The van der Waals surface area contributed by atoms with E-state index in [0.717, 1.165) is 12.1 Å². The summed E-state index contributed by atoms with van der Waals surface area (Å²) < 4.78 is 13.1. The van der Waals surface area contributed by atoms with Crippen LogP contribution in [0.4, 0.5) is 15.8 Å². The molecule has 0 heterocycles. The highest BCUT2D eigenvalue weighted by atomic mass is 19.1. The van der Waals surface area contributed by atoms with E-state index in [-0.39, 0.29) is 11.2 Å². The first-order valence-corrected chi connectivity index (χ1v) is 5.80. The van der Waals surface area contributed by atoms with Gasteiger partial charge in [0.1, 0.15) is 5.82 Å². The van der Waals surface area contributed by atoms with Gasteiger partial charge in [-0.3, -0.25) is 0 Å². The molecule has 3 heteroatoms. The molecule has 0 spiro atoms. The van der Waals surface area contributed by atoms with Gasteiger partial charge in [-0.1, -0.05) is 20.3 Å². The first-order chi connectivity index (χ1) is 7.49. The molecule has 1 aliphatic carbocycles. The Bertz CT molecular complexity index is 388. The van der Waals surface area contributed by atoms with Crippen LogP contribution in [0.2, 0.25) is 0 Å². The van der Waals surface area contributed by atoms with Crippen molar-refractivity contribution in [3.63, 3.8) is 0 Å². The van der Waals surface area contributed by atoms with Gasteiger partial charge >= 0.3 is 0 Å². The maximum atomic E-state index is 13.1. The summed E-state index contributed by atoms with van der Waals surface area (Å²) in [5.41, 5.74) is 7.43. The molecular formula is C13H19FN2. The fourth-order valence-electron chi connectivity index (χ4n) is 2.44. The minimum absolute atomic E-state index is 0.243. The summed E-state index contributed by atoms with van der Waals surface area (Å²) in [7, 11) is 0. The third kappa shape index (κ3) is 2.13. The van der Waals surface area contributed by atoms with Crippen molar-refractivity contribution >= 4 is 11.4 Å². The lowest BCUT2D eigenvalue weighted by molar-refractivity contribution is 0.350. The molecule has 1 aromatic rings. The molecular weight excluding hydrogens is 203 g/mol. The van der Waals surface area contributed by atoms with E-state index in [1.54, 1.807) is 6.07 Å². The van der Waals surface area contributed by atoms with Crippen LogP contribution in [0.15, 0.2) is 18.2 Å².